The first-order valence-electron chi connectivity index (χ1n) is 10.3. The van der Waals surface area contributed by atoms with Gasteiger partial charge in [0.2, 0.25) is 0 Å². The molecule has 160 valence electrons. The molecular formula is C26H32O4. The molecule has 0 fully saturated rings. The molecule has 4 nitrogen and oxygen atoms in total. The molecule has 0 spiro atoms. The first kappa shape index (κ1) is 22.1. The Labute approximate surface area is 179 Å². The molecule has 1 N–H and O–H groups in total. The van der Waals surface area contributed by atoms with Gasteiger partial charge in [0.15, 0.2) is 6.79 Å². The van der Waals surface area contributed by atoms with Crippen LogP contribution in [-0.2, 0) is 20.4 Å². The maximum absolute atomic E-state index is 11.5. The lowest BCUT2D eigenvalue weighted by molar-refractivity contribution is -0.130. The summed E-state index contributed by atoms with van der Waals surface area (Å²) in [6.07, 6.45) is 2.28. The maximum atomic E-state index is 11.5. The Hall–Kier alpha value is -2.59. The second kappa shape index (κ2) is 7.92. The zero-order chi connectivity index (χ0) is 22.3. The molecule has 2 aromatic rings. The number of carboxylic acid groups (broad SMARTS) is 1. The van der Waals surface area contributed by atoms with E-state index < -0.39 is 5.97 Å². The Kier molecular flexibility index (Phi) is 5.83. The van der Waals surface area contributed by atoms with Crippen LogP contribution in [0.25, 0.3) is 16.7 Å². The van der Waals surface area contributed by atoms with Crippen LogP contribution in [-0.4, -0.2) is 25.0 Å². The molecule has 0 radical (unpaired) electrons. The molecule has 2 aromatic carbocycles. The van der Waals surface area contributed by atoms with E-state index in [-0.39, 0.29) is 23.2 Å². The van der Waals surface area contributed by atoms with Crippen molar-refractivity contribution in [3.05, 3.63) is 59.2 Å². The summed E-state index contributed by atoms with van der Waals surface area (Å²) in [7, 11) is 1.58. The molecule has 0 amide bonds. The van der Waals surface area contributed by atoms with E-state index in [4.69, 9.17) is 9.47 Å². The zero-order valence-electron chi connectivity index (χ0n) is 18.9. The maximum Gasteiger partial charge on any atom is 0.335 e. The summed E-state index contributed by atoms with van der Waals surface area (Å²) in [4.78, 5) is 11.5. The Morgan fingerprint density at radius 1 is 1.03 bits per heavy atom. The van der Waals surface area contributed by atoms with Gasteiger partial charge in [0.25, 0.3) is 0 Å². The lowest BCUT2D eigenvalue weighted by atomic mass is 9.62. The molecular weight excluding hydrogens is 376 g/mol. The van der Waals surface area contributed by atoms with E-state index in [1.54, 1.807) is 19.2 Å². The van der Waals surface area contributed by atoms with Crippen molar-refractivity contribution >= 4 is 11.5 Å². The molecule has 0 bridgehead atoms. The van der Waals surface area contributed by atoms with Gasteiger partial charge in [-0.25, -0.2) is 4.79 Å². The van der Waals surface area contributed by atoms with Crippen molar-refractivity contribution in [3.8, 4) is 16.9 Å². The molecule has 0 unspecified atom stereocenters. The van der Waals surface area contributed by atoms with Gasteiger partial charge in [0.05, 0.1) is 5.57 Å². The predicted octanol–water partition coefficient (Wildman–Crippen LogP) is 6.09. The third-order valence-corrected chi connectivity index (χ3v) is 6.41. The first-order valence-corrected chi connectivity index (χ1v) is 10.3. The minimum atomic E-state index is -1.03. The van der Waals surface area contributed by atoms with Crippen LogP contribution >= 0.6 is 0 Å². The Morgan fingerprint density at radius 2 is 1.63 bits per heavy atom. The number of aliphatic carboxylic acids is 1. The molecule has 3 rings (SSSR count). The molecule has 0 heterocycles. The lowest BCUT2D eigenvalue weighted by Crippen LogP contribution is -2.34. The van der Waals surface area contributed by atoms with E-state index in [1.807, 2.05) is 6.07 Å². The van der Waals surface area contributed by atoms with Gasteiger partial charge in [0.1, 0.15) is 5.75 Å². The normalized spacial score (nSPS) is 16.6. The van der Waals surface area contributed by atoms with Crippen LogP contribution in [0.15, 0.2) is 36.9 Å². The standard InChI is InChI=1S/C26H32O4/c1-16-12-21-22(26(5,6)11-10-25(21,3)4)14-19(16)20-13-18(17(2)24(27)28)8-9-23(20)30-15-29-7/h8-9,12-14H,2,10-11,15H2,1,3-7H3,(H,27,28). The summed E-state index contributed by atoms with van der Waals surface area (Å²) < 4.78 is 10.9. The molecule has 0 aliphatic heterocycles. The predicted molar refractivity (Wildman–Crippen MR) is 121 cm³/mol. The average Bonchev–Trinajstić information content (AvgIpc) is 2.69. The van der Waals surface area contributed by atoms with Crippen LogP contribution in [0, 0.1) is 6.92 Å². The largest absolute Gasteiger partial charge is 0.478 e. The zero-order valence-corrected chi connectivity index (χ0v) is 18.9. The van der Waals surface area contributed by atoms with Crippen LogP contribution < -0.4 is 4.74 Å². The van der Waals surface area contributed by atoms with E-state index in [2.05, 4.69) is 53.3 Å². The molecule has 0 aromatic heterocycles. The van der Waals surface area contributed by atoms with Gasteiger partial charge < -0.3 is 14.6 Å². The van der Waals surface area contributed by atoms with Crippen LogP contribution in [0.5, 0.6) is 5.75 Å². The van der Waals surface area contributed by atoms with Gasteiger partial charge in [-0.2, -0.15) is 0 Å². The fourth-order valence-corrected chi connectivity index (χ4v) is 4.31. The van der Waals surface area contributed by atoms with Crippen LogP contribution in [0.3, 0.4) is 0 Å². The van der Waals surface area contributed by atoms with Gasteiger partial charge in [-0.1, -0.05) is 46.4 Å². The lowest BCUT2D eigenvalue weighted by Gasteiger charge is -2.42. The summed E-state index contributed by atoms with van der Waals surface area (Å²) in [5.74, 6) is -0.369. The fourth-order valence-electron chi connectivity index (χ4n) is 4.31. The topological polar surface area (TPSA) is 55.8 Å². The van der Waals surface area contributed by atoms with E-state index in [0.717, 1.165) is 29.5 Å². The fraction of sp³-hybridized carbons (Fsp3) is 0.423. The Bertz CT molecular complexity index is 998. The number of carboxylic acids is 1. The van der Waals surface area contributed by atoms with Gasteiger partial charge in [-0.05, 0) is 76.6 Å². The molecule has 0 atom stereocenters. The van der Waals surface area contributed by atoms with Crippen LogP contribution in [0.4, 0.5) is 0 Å². The number of methoxy groups -OCH3 is 1. The second-order valence-electron chi connectivity index (χ2n) is 9.53. The summed E-state index contributed by atoms with van der Waals surface area (Å²) in [6, 6.07) is 9.95. The number of fused-ring (bicyclic) bond motifs is 1. The molecule has 30 heavy (non-hydrogen) atoms. The number of benzene rings is 2. The average molecular weight is 409 g/mol. The smallest absolute Gasteiger partial charge is 0.335 e. The van der Waals surface area contributed by atoms with Gasteiger partial charge >= 0.3 is 5.97 Å². The van der Waals surface area contributed by atoms with E-state index in [1.165, 1.54) is 11.1 Å². The summed E-state index contributed by atoms with van der Waals surface area (Å²) >= 11 is 0. The molecule has 0 saturated carbocycles. The number of carbonyl (C=O) groups is 1. The van der Waals surface area contributed by atoms with E-state index in [0.29, 0.717) is 11.3 Å². The van der Waals surface area contributed by atoms with Crippen molar-refractivity contribution in [2.24, 2.45) is 0 Å². The van der Waals surface area contributed by atoms with Crippen molar-refractivity contribution < 1.29 is 19.4 Å². The Balaban J connectivity index is 2.24. The van der Waals surface area contributed by atoms with Gasteiger partial charge in [-0.15, -0.1) is 0 Å². The highest BCUT2D eigenvalue weighted by atomic mass is 16.7. The molecule has 1 aliphatic carbocycles. The monoisotopic (exact) mass is 408 g/mol. The number of hydrogen-bond donors (Lipinski definition) is 1. The quantitative estimate of drug-likeness (QED) is 0.464. The molecule has 4 heteroatoms. The van der Waals surface area contributed by atoms with Gasteiger partial charge in [0, 0.05) is 12.7 Å². The van der Waals surface area contributed by atoms with Crippen LogP contribution in [0.1, 0.15) is 62.8 Å². The highest BCUT2D eigenvalue weighted by Gasteiger charge is 2.37. The molecule has 0 saturated heterocycles. The van der Waals surface area contributed by atoms with Crippen molar-refractivity contribution in [3.63, 3.8) is 0 Å². The van der Waals surface area contributed by atoms with Crippen molar-refractivity contribution in [1.82, 2.24) is 0 Å². The summed E-state index contributed by atoms with van der Waals surface area (Å²) in [5.41, 5.74) is 6.61. The highest BCUT2D eigenvalue weighted by Crippen LogP contribution is 2.48. The van der Waals surface area contributed by atoms with Crippen molar-refractivity contribution in [1.29, 1.82) is 0 Å². The van der Waals surface area contributed by atoms with E-state index in [9.17, 15) is 9.90 Å². The minimum absolute atomic E-state index is 0.0617. The van der Waals surface area contributed by atoms with Crippen LogP contribution in [0.2, 0.25) is 0 Å². The third kappa shape index (κ3) is 4.01. The number of aryl methyl sites for hydroxylation is 1. The Morgan fingerprint density at radius 3 is 2.20 bits per heavy atom. The van der Waals surface area contributed by atoms with Crippen molar-refractivity contribution in [2.75, 3.05) is 13.9 Å². The number of hydrogen-bond acceptors (Lipinski definition) is 3. The SMILES string of the molecule is C=C(C(=O)O)c1ccc(OCOC)c(-c2cc3c(cc2C)C(C)(C)CCC3(C)C)c1. The second-order valence-corrected chi connectivity index (χ2v) is 9.53. The first-order chi connectivity index (χ1) is 14.0. The molecule has 1 aliphatic rings. The third-order valence-electron chi connectivity index (χ3n) is 6.41. The highest BCUT2D eigenvalue weighted by molar-refractivity contribution is 6.14. The van der Waals surface area contributed by atoms with E-state index >= 15 is 0 Å². The number of ether oxygens (including phenoxy) is 2. The van der Waals surface area contributed by atoms with Gasteiger partial charge in [-0.3, -0.25) is 0 Å². The number of rotatable bonds is 6. The summed E-state index contributed by atoms with van der Waals surface area (Å²) in [6.45, 7) is 15.2. The van der Waals surface area contributed by atoms with Crippen molar-refractivity contribution in [2.45, 2.75) is 58.3 Å². The minimum Gasteiger partial charge on any atom is -0.478 e. The summed E-state index contributed by atoms with van der Waals surface area (Å²) in [5, 5.41) is 9.40.